The van der Waals surface area contributed by atoms with Crippen LogP contribution in [-0.2, 0) is 26.4 Å². The molecular weight excluding hydrogens is 318 g/mol. The second kappa shape index (κ2) is 5.84. The standard InChI is InChI=1S/C11H15BrClN5/c1-3-9-11(13)10(17(2)15-9)7-18-6-8(4-5-12)14-16-18/h6H,3-5,7H2,1-2H3. The Kier molecular flexibility index (Phi) is 4.40. The third kappa shape index (κ3) is 2.75. The molecule has 2 rings (SSSR count). The van der Waals surface area contributed by atoms with E-state index in [1.54, 1.807) is 4.68 Å². The number of hydrogen-bond donors (Lipinski definition) is 0. The van der Waals surface area contributed by atoms with Crippen LogP contribution in [0.2, 0.25) is 5.02 Å². The Morgan fingerprint density at radius 1 is 1.44 bits per heavy atom. The van der Waals surface area contributed by atoms with Crippen LogP contribution in [0.25, 0.3) is 0 Å². The third-order valence-electron chi connectivity index (χ3n) is 2.75. The molecule has 0 saturated heterocycles. The Hall–Kier alpha value is -0.880. The van der Waals surface area contributed by atoms with Gasteiger partial charge in [0.1, 0.15) is 0 Å². The molecule has 2 aromatic heterocycles. The van der Waals surface area contributed by atoms with Crippen molar-refractivity contribution in [2.24, 2.45) is 7.05 Å². The lowest BCUT2D eigenvalue weighted by Crippen LogP contribution is -2.06. The van der Waals surface area contributed by atoms with Crippen LogP contribution in [0.5, 0.6) is 0 Å². The van der Waals surface area contributed by atoms with E-state index in [-0.39, 0.29) is 0 Å². The van der Waals surface area contributed by atoms with Crippen LogP contribution in [0.3, 0.4) is 0 Å². The topological polar surface area (TPSA) is 48.5 Å². The third-order valence-corrected chi connectivity index (χ3v) is 3.58. The monoisotopic (exact) mass is 331 g/mol. The highest BCUT2D eigenvalue weighted by Gasteiger charge is 2.14. The summed E-state index contributed by atoms with van der Waals surface area (Å²) in [5, 5.41) is 14.2. The van der Waals surface area contributed by atoms with Gasteiger partial charge in [0.2, 0.25) is 0 Å². The number of alkyl halides is 1. The fourth-order valence-corrected chi connectivity index (χ4v) is 2.53. The molecule has 0 radical (unpaired) electrons. The molecule has 0 bridgehead atoms. The molecule has 0 aromatic carbocycles. The molecule has 0 N–H and O–H groups in total. The predicted molar refractivity (Wildman–Crippen MR) is 74.2 cm³/mol. The number of aryl methyl sites for hydroxylation is 3. The summed E-state index contributed by atoms with van der Waals surface area (Å²) in [7, 11) is 1.90. The first kappa shape index (κ1) is 13.5. The van der Waals surface area contributed by atoms with Gasteiger partial charge in [-0.05, 0) is 6.42 Å². The molecule has 2 aromatic rings. The second-order valence-electron chi connectivity index (χ2n) is 4.03. The number of halogens is 2. The van der Waals surface area contributed by atoms with Crippen LogP contribution in [0.1, 0.15) is 24.0 Å². The summed E-state index contributed by atoms with van der Waals surface area (Å²) in [6.45, 7) is 2.64. The van der Waals surface area contributed by atoms with Crippen molar-refractivity contribution in [3.05, 3.63) is 28.3 Å². The lowest BCUT2D eigenvalue weighted by molar-refractivity contribution is 0.598. The van der Waals surface area contributed by atoms with E-state index in [0.29, 0.717) is 6.54 Å². The van der Waals surface area contributed by atoms with Crippen LogP contribution in [0.4, 0.5) is 0 Å². The highest BCUT2D eigenvalue weighted by Crippen LogP contribution is 2.21. The maximum Gasteiger partial charge on any atom is 0.0869 e. The summed E-state index contributed by atoms with van der Waals surface area (Å²) < 4.78 is 3.60. The van der Waals surface area contributed by atoms with Gasteiger partial charge < -0.3 is 0 Å². The van der Waals surface area contributed by atoms with Crippen LogP contribution in [-0.4, -0.2) is 30.1 Å². The minimum absolute atomic E-state index is 0.595. The van der Waals surface area contributed by atoms with Gasteiger partial charge in [0, 0.05) is 25.0 Å². The van der Waals surface area contributed by atoms with Gasteiger partial charge >= 0.3 is 0 Å². The molecule has 0 aliphatic rings. The molecule has 0 spiro atoms. The Morgan fingerprint density at radius 3 is 2.83 bits per heavy atom. The summed E-state index contributed by atoms with van der Waals surface area (Å²) in [6, 6.07) is 0. The molecule has 0 aliphatic carbocycles. The van der Waals surface area contributed by atoms with Crippen LogP contribution in [0.15, 0.2) is 6.20 Å². The molecule has 0 saturated carbocycles. The minimum atomic E-state index is 0.595. The Morgan fingerprint density at radius 2 is 2.22 bits per heavy atom. The fourth-order valence-electron chi connectivity index (χ4n) is 1.77. The first-order chi connectivity index (χ1) is 8.65. The van der Waals surface area contributed by atoms with Crippen LogP contribution < -0.4 is 0 Å². The molecule has 7 heteroatoms. The highest BCUT2D eigenvalue weighted by atomic mass is 79.9. The molecule has 98 valence electrons. The number of aromatic nitrogens is 5. The zero-order chi connectivity index (χ0) is 13.1. The molecule has 0 aliphatic heterocycles. The summed E-state index contributed by atoms with van der Waals surface area (Å²) in [5.41, 5.74) is 2.86. The van der Waals surface area contributed by atoms with E-state index in [1.807, 2.05) is 24.9 Å². The Balaban J connectivity index is 2.20. The van der Waals surface area contributed by atoms with E-state index in [4.69, 9.17) is 11.6 Å². The molecule has 0 atom stereocenters. The summed E-state index contributed by atoms with van der Waals surface area (Å²) in [5.74, 6) is 0. The number of hydrogen-bond acceptors (Lipinski definition) is 3. The lowest BCUT2D eigenvalue weighted by Gasteiger charge is -2.01. The molecular formula is C11H15BrClN5. The van der Waals surface area contributed by atoms with Crippen molar-refractivity contribution in [2.45, 2.75) is 26.3 Å². The van der Waals surface area contributed by atoms with Crippen molar-refractivity contribution in [1.82, 2.24) is 24.8 Å². The quantitative estimate of drug-likeness (QED) is 0.789. The lowest BCUT2D eigenvalue weighted by atomic mass is 10.3. The summed E-state index contributed by atoms with van der Waals surface area (Å²) >= 11 is 9.68. The average molecular weight is 333 g/mol. The molecule has 5 nitrogen and oxygen atoms in total. The summed E-state index contributed by atoms with van der Waals surface area (Å²) in [4.78, 5) is 0. The van der Waals surface area contributed by atoms with Crippen LogP contribution in [0, 0.1) is 0 Å². The van der Waals surface area contributed by atoms with Gasteiger partial charge in [-0.1, -0.05) is 39.7 Å². The normalized spacial score (nSPS) is 11.1. The van der Waals surface area contributed by atoms with Gasteiger partial charge in [0.15, 0.2) is 0 Å². The van der Waals surface area contributed by atoms with Crippen molar-refractivity contribution < 1.29 is 0 Å². The van der Waals surface area contributed by atoms with Crippen molar-refractivity contribution in [2.75, 3.05) is 5.33 Å². The van der Waals surface area contributed by atoms with Crippen LogP contribution >= 0.6 is 27.5 Å². The maximum absolute atomic E-state index is 6.30. The summed E-state index contributed by atoms with van der Waals surface area (Å²) in [6.07, 6.45) is 3.65. The number of rotatable bonds is 5. The van der Waals surface area contributed by atoms with Gasteiger partial charge in [-0.2, -0.15) is 5.10 Å². The van der Waals surface area contributed by atoms with Gasteiger partial charge in [-0.3, -0.25) is 4.68 Å². The Bertz CT molecular complexity index is 534. The smallest absolute Gasteiger partial charge is 0.0869 e. The molecule has 0 unspecified atom stereocenters. The largest absolute Gasteiger partial charge is 0.269 e. The zero-order valence-corrected chi connectivity index (χ0v) is 12.7. The van der Waals surface area contributed by atoms with E-state index < -0.39 is 0 Å². The van der Waals surface area contributed by atoms with Crippen molar-refractivity contribution in [1.29, 1.82) is 0 Å². The number of nitrogens with zero attached hydrogens (tertiary/aromatic N) is 5. The highest BCUT2D eigenvalue weighted by molar-refractivity contribution is 9.09. The zero-order valence-electron chi connectivity index (χ0n) is 10.4. The van der Waals surface area contributed by atoms with Gasteiger partial charge in [0.25, 0.3) is 0 Å². The first-order valence-corrected chi connectivity index (χ1v) is 7.30. The predicted octanol–water partition coefficient (Wildman–Crippen LogP) is 2.21. The van der Waals surface area contributed by atoms with Crippen molar-refractivity contribution in [3.63, 3.8) is 0 Å². The average Bonchev–Trinajstić information content (AvgIpc) is 2.89. The van der Waals surface area contributed by atoms with E-state index >= 15 is 0 Å². The molecule has 18 heavy (non-hydrogen) atoms. The van der Waals surface area contributed by atoms with Gasteiger partial charge in [-0.15, -0.1) is 5.10 Å². The molecule has 2 heterocycles. The fraction of sp³-hybridized carbons (Fsp3) is 0.545. The first-order valence-electron chi connectivity index (χ1n) is 5.81. The maximum atomic E-state index is 6.30. The van der Waals surface area contributed by atoms with E-state index in [9.17, 15) is 0 Å². The van der Waals surface area contributed by atoms with Crippen molar-refractivity contribution in [3.8, 4) is 0 Å². The Labute approximate surface area is 119 Å². The minimum Gasteiger partial charge on any atom is -0.269 e. The van der Waals surface area contributed by atoms with E-state index in [0.717, 1.165) is 40.3 Å². The van der Waals surface area contributed by atoms with Gasteiger partial charge in [-0.25, -0.2) is 4.68 Å². The SMILES string of the molecule is CCc1nn(C)c(Cn2cc(CCBr)nn2)c1Cl. The van der Waals surface area contributed by atoms with Gasteiger partial charge in [0.05, 0.1) is 28.6 Å². The molecule has 0 amide bonds. The second-order valence-corrected chi connectivity index (χ2v) is 5.20. The van der Waals surface area contributed by atoms with Crippen molar-refractivity contribution >= 4 is 27.5 Å². The molecule has 0 fully saturated rings. The van der Waals surface area contributed by atoms with E-state index in [2.05, 4.69) is 31.3 Å². The van der Waals surface area contributed by atoms with E-state index in [1.165, 1.54) is 0 Å².